The highest BCUT2D eigenvalue weighted by Gasteiger charge is 2.18. The molecule has 0 aromatic carbocycles. The normalized spacial score (nSPS) is 20.4. The molecule has 1 aromatic rings. The van der Waals surface area contributed by atoms with Gasteiger partial charge >= 0.3 is 0 Å². The molecule has 0 N–H and O–H groups in total. The zero-order valence-electron chi connectivity index (χ0n) is 8.78. The molecule has 0 saturated carbocycles. The second kappa shape index (κ2) is 5.21. The molecule has 2 heterocycles. The van der Waals surface area contributed by atoms with Crippen LogP contribution in [0.4, 0.5) is 0 Å². The molecule has 3 nitrogen and oxygen atoms in total. The summed E-state index contributed by atoms with van der Waals surface area (Å²) in [5.74, 6) is 4.59. The summed E-state index contributed by atoms with van der Waals surface area (Å²) < 4.78 is 5.18. The van der Waals surface area contributed by atoms with Gasteiger partial charge in [0.2, 0.25) is 5.89 Å². The van der Waals surface area contributed by atoms with Crippen molar-refractivity contribution in [1.29, 1.82) is 0 Å². The van der Waals surface area contributed by atoms with Crippen LogP contribution in [-0.4, -0.2) is 21.6 Å². The van der Waals surface area contributed by atoms with Gasteiger partial charge in [-0.2, -0.15) is 16.7 Å². The van der Waals surface area contributed by atoms with E-state index in [1.165, 1.54) is 24.3 Å². The van der Waals surface area contributed by atoms with Crippen LogP contribution in [0.1, 0.15) is 36.9 Å². The van der Waals surface area contributed by atoms with Crippen molar-refractivity contribution in [2.45, 2.75) is 31.6 Å². The first kappa shape index (κ1) is 11.3. The number of thioether (sulfide) groups is 1. The number of hydrogen-bond acceptors (Lipinski definition) is 4. The molecule has 0 aliphatic carbocycles. The summed E-state index contributed by atoms with van der Waals surface area (Å²) in [5, 5.41) is 3.70. The van der Waals surface area contributed by atoms with E-state index in [0.29, 0.717) is 11.7 Å². The Morgan fingerprint density at radius 2 is 2.27 bits per heavy atom. The van der Waals surface area contributed by atoms with Gasteiger partial charge in [0.15, 0.2) is 5.82 Å². The molecule has 2 rings (SSSR count). The lowest BCUT2D eigenvalue weighted by atomic mass is 9.99. The van der Waals surface area contributed by atoms with Crippen molar-refractivity contribution >= 4 is 23.4 Å². The molecule has 0 bridgehead atoms. The summed E-state index contributed by atoms with van der Waals surface area (Å²) in [5.41, 5.74) is 0. The summed E-state index contributed by atoms with van der Waals surface area (Å²) >= 11 is 7.90. The molecule has 1 aliphatic heterocycles. The molecule has 1 saturated heterocycles. The number of halogens is 1. The standard InChI is InChI=1S/C10H15ClN2OS/c1-7(11)10-12-9(14-13-10)6-8-2-4-15-5-3-8/h7-8H,2-6H2,1H3. The third-order valence-electron chi connectivity index (χ3n) is 2.64. The molecule has 1 aromatic heterocycles. The second-order valence-corrected chi connectivity index (χ2v) is 5.80. The van der Waals surface area contributed by atoms with Gasteiger partial charge in [-0.25, -0.2) is 0 Å². The average Bonchev–Trinajstić information content (AvgIpc) is 2.68. The van der Waals surface area contributed by atoms with Crippen molar-refractivity contribution in [3.05, 3.63) is 11.7 Å². The zero-order valence-corrected chi connectivity index (χ0v) is 10.4. The lowest BCUT2D eigenvalue weighted by Crippen LogP contribution is -2.12. The van der Waals surface area contributed by atoms with Gasteiger partial charge in [0.1, 0.15) is 0 Å². The molecule has 5 heteroatoms. The molecule has 1 aliphatic rings. The van der Waals surface area contributed by atoms with E-state index in [0.717, 1.165) is 12.3 Å². The summed E-state index contributed by atoms with van der Waals surface area (Å²) in [4.78, 5) is 4.29. The van der Waals surface area contributed by atoms with Crippen molar-refractivity contribution in [1.82, 2.24) is 10.1 Å². The summed E-state index contributed by atoms with van der Waals surface area (Å²) in [6, 6.07) is 0. The minimum atomic E-state index is -0.163. The first-order valence-corrected chi connectivity index (χ1v) is 6.89. The molecule has 84 valence electrons. The van der Waals surface area contributed by atoms with Crippen LogP contribution >= 0.6 is 23.4 Å². The van der Waals surface area contributed by atoms with Crippen molar-refractivity contribution in [3.8, 4) is 0 Å². The highest BCUT2D eigenvalue weighted by atomic mass is 35.5. The lowest BCUT2D eigenvalue weighted by molar-refractivity contribution is 0.341. The first-order chi connectivity index (χ1) is 7.25. The quantitative estimate of drug-likeness (QED) is 0.769. The van der Waals surface area contributed by atoms with E-state index >= 15 is 0 Å². The average molecular weight is 247 g/mol. The fourth-order valence-electron chi connectivity index (χ4n) is 1.71. The summed E-state index contributed by atoms with van der Waals surface area (Å²) in [7, 11) is 0. The van der Waals surface area contributed by atoms with Crippen LogP contribution < -0.4 is 0 Å². The lowest BCUT2D eigenvalue weighted by Gasteiger charge is -2.19. The first-order valence-electron chi connectivity index (χ1n) is 5.30. The van der Waals surface area contributed by atoms with E-state index in [9.17, 15) is 0 Å². The van der Waals surface area contributed by atoms with Crippen molar-refractivity contribution in [2.24, 2.45) is 5.92 Å². The summed E-state index contributed by atoms with van der Waals surface area (Å²) in [6.45, 7) is 1.85. The van der Waals surface area contributed by atoms with E-state index in [4.69, 9.17) is 16.1 Å². The molecule has 1 atom stereocenters. The number of rotatable bonds is 3. The Morgan fingerprint density at radius 1 is 1.53 bits per heavy atom. The molecule has 0 spiro atoms. The van der Waals surface area contributed by atoms with Gasteiger partial charge in [-0.3, -0.25) is 0 Å². The van der Waals surface area contributed by atoms with E-state index < -0.39 is 0 Å². The van der Waals surface area contributed by atoms with Crippen LogP contribution in [0.2, 0.25) is 0 Å². The van der Waals surface area contributed by atoms with Gasteiger partial charge < -0.3 is 4.52 Å². The maximum Gasteiger partial charge on any atom is 0.226 e. The smallest absolute Gasteiger partial charge is 0.226 e. The van der Waals surface area contributed by atoms with Crippen LogP contribution in [0.25, 0.3) is 0 Å². The van der Waals surface area contributed by atoms with Gasteiger partial charge in [-0.15, -0.1) is 11.6 Å². The predicted molar refractivity (Wildman–Crippen MR) is 62.3 cm³/mol. The Balaban J connectivity index is 1.91. The Kier molecular flexibility index (Phi) is 3.92. The van der Waals surface area contributed by atoms with Gasteiger partial charge in [-0.05, 0) is 37.2 Å². The van der Waals surface area contributed by atoms with Crippen molar-refractivity contribution in [2.75, 3.05) is 11.5 Å². The van der Waals surface area contributed by atoms with E-state index in [1.807, 2.05) is 18.7 Å². The fourth-order valence-corrected chi connectivity index (χ4v) is 3.00. The third kappa shape index (κ3) is 3.11. The van der Waals surface area contributed by atoms with Crippen molar-refractivity contribution in [3.63, 3.8) is 0 Å². The van der Waals surface area contributed by atoms with Gasteiger partial charge in [-0.1, -0.05) is 5.16 Å². The number of alkyl halides is 1. The van der Waals surface area contributed by atoms with Crippen LogP contribution in [0.15, 0.2) is 4.52 Å². The van der Waals surface area contributed by atoms with Crippen LogP contribution in [0, 0.1) is 5.92 Å². The van der Waals surface area contributed by atoms with E-state index in [2.05, 4.69) is 10.1 Å². The zero-order chi connectivity index (χ0) is 10.7. The topological polar surface area (TPSA) is 38.9 Å². The Morgan fingerprint density at radius 3 is 2.87 bits per heavy atom. The minimum absolute atomic E-state index is 0.163. The molecule has 1 unspecified atom stereocenters. The molecular weight excluding hydrogens is 232 g/mol. The second-order valence-electron chi connectivity index (χ2n) is 3.92. The fraction of sp³-hybridized carbons (Fsp3) is 0.800. The Labute approximate surface area is 99.0 Å². The van der Waals surface area contributed by atoms with Gasteiger partial charge in [0.25, 0.3) is 0 Å². The molecular formula is C10H15ClN2OS. The maximum absolute atomic E-state index is 5.87. The highest BCUT2D eigenvalue weighted by molar-refractivity contribution is 7.99. The molecule has 0 amide bonds. The highest BCUT2D eigenvalue weighted by Crippen LogP contribution is 2.26. The SMILES string of the molecule is CC(Cl)c1noc(CC2CCSCC2)n1. The van der Waals surface area contributed by atoms with Crippen LogP contribution in [0.3, 0.4) is 0 Å². The molecule has 15 heavy (non-hydrogen) atoms. The number of aromatic nitrogens is 2. The maximum atomic E-state index is 5.87. The largest absolute Gasteiger partial charge is 0.339 e. The van der Waals surface area contributed by atoms with E-state index in [-0.39, 0.29) is 5.38 Å². The Bertz CT molecular complexity index is 310. The van der Waals surface area contributed by atoms with Gasteiger partial charge in [0.05, 0.1) is 5.38 Å². The third-order valence-corrected chi connectivity index (χ3v) is 3.89. The van der Waals surface area contributed by atoms with Crippen LogP contribution in [-0.2, 0) is 6.42 Å². The Hall–Kier alpha value is -0.220. The van der Waals surface area contributed by atoms with Crippen LogP contribution in [0.5, 0.6) is 0 Å². The monoisotopic (exact) mass is 246 g/mol. The summed E-state index contributed by atoms with van der Waals surface area (Å²) in [6.07, 6.45) is 3.44. The minimum Gasteiger partial charge on any atom is -0.339 e. The molecule has 1 fully saturated rings. The van der Waals surface area contributed by atoms with E-state index in [1.54, 1.807) is 0 Å². The number of nitrogens with zero attached hydrogens (tertiary/aromatic N) is 2. The van der Waals surface area contributed by atoms with Gasteiger partial charge in [0, 0.05) is 6.42 Å². The molecule has 0 radical (unpaired) electrons. The number of hydrogen-bond donors (Lipinski definition) is 0. The van der Waals surface area contributed by atoms with Crippen molar-refractivity contribution < 1.29 is 4.52 Å². The predicted octanol–water partition coefficient (Wildman–Crippen LogP) is 3.06.